The van der Waals surface area contributed by atoms with Gasteiger partial charge in [0, 0.05) is 5.25 Å². The predicted octanol–water partition coefficient (Wildman–Crippen LogP) is 4.05. The van der Waals surface area contributed by atoms with Gasteiger partial charge in [0.15, 0.2) is 5.17 Å². The Balaban J connectivity index is 2.08. The summed E-state index contributed by atoms with van der Waals surface area (Å²) in [6.07, 6.45) is 1.11. The minimum Gasteiger partial charge on any atom is -0.358 e. The lowest BCUT2D eigenvalue weighted by Gasteiger charge is -2.25. The van der Waals surface area contributed by atoms with Gasteiger partial charge in [0.1, 0.15) is 5.82 Å². The highest BCUT2D eigenvalue weighted by molar-refractivity contribution is 8.14. The summed E-state index contributed by atoms with van der Waals surface area (Å²) in [6.45, 7) is 8.17. The van der Waals surface area contributed by atoms with Crippen LogP contribution in [0.25, 0.3) is 0 Å². The van der Waals surface area contributed by atoms with E-state index in [9.17, 15) is 4.39 Å². The second-order valence-electron chi connectivity index (χ2n) is 5.32. The highest BCUT2D eigenvalue weighted by Gasteiger charge is 2.20. The van der Waals surface area contributed by atoms with Crippen molar-refractivity contribution in [3.63, 3.8) is 0 Å². The number of nitrogens with one attached hydrogen (secondary N) is 1. The molecule has 1 N–H and O–H groups in total. The fourth-order valence-electron chi connectivity index (χ4n) is 2.22. The lowest BCUT2D eigenvalue weighted by atomic mass is 10.1. The quantitative estimate of drug-likeness (QED) is 0.883. The lowest BCUT2D eigenvalue weighted by Crippen LogP contribution is -2.30. The van der Waals surface area contributed by atoms with Crippen LogP contribution >= 0.6 is 11.8 Å². The van der Waals surface area contributed by atoms with Crippen LogP contribution in [0.3, 0.4) is 0 Å². The number of nitrogens with zero attached hydrogens (tertiary/aromatic N) is 1. The Kier molecular flexibility index (Phi) is 4.50. The number of amidine groups is 1. The molecular formula is C15H21FN2S. The molecule has 0 saturated carbocycles. The average Bonchev–Trinajstić information content (AvgIpc) is 2.31. The van der Waals surface area contributed by atoms with Crippen molar-refractivity contribution in [2.75, 3.05) is 0 Å². The molecule has 0 amide bonds. The summed E-state index contributed by atoms with van der Waals surface area (Å²) in [5.41, 5.74) is 1.64. The van der Waals surface area contributed by atoms with Crippen molar-refractivity contribution in [3.05, 3.63) is 35.1 Å². The Morgan fingerprint density at radius 3 is 2.79 bits per heavy atom. The highest BCUT2D eigenvalue weighted by Crippen LogP contribution is 2.26. The molecule has 2 nitrogen and oxygen atoms in total. The summed E-state index contributed by atoms with van der Waals surface area (Å²) in [4.78, 5) is 4.61. The third-order valence-electron chi connectivity index (χ3n) is 3.36. The zero-order valence-corrected chi connectivity index (χ0v) is 12.7. The first-order valence-corrected chi connectivity index (χ1v) is 7.60. The molecule has 0 saturated heterocycles. The molecule has 0 bridgehead atoms. The molecule has 1 aromatic rings. The van der Waals surface area contributed by atoms with Crippen molar-refractivity contribution in [2.24, 2.45) is 4.99 Å². The smallest absolute Gasteiger partial charge is 0.157 e. The number of halogens is 1. The first-order valence-electron chi connectivity index (χ1n) is 6.72. The highest BCUT2D eigenvalue weighted by atomic mass is 32.2. The molecule has 1 aliphatic heterocycles. The van der Waals surface area contributed by atoms with Gasteiger partial charge in [0.25, 0.3) is 0 Å². The molecule has 19 heavy (non-hydrogen) atoms. The van der Waals surface area contributed by atoms with Crippen molar-refractivity contribution in [3.8, 4) is 0 Å². The largest absolute Gasteiger partial charge is 0.358 e. The number of aryl methyl sites for hydroxylation is 1. The maximum Gasteiger partial charge on any atom is 0.157 e. The van der Waals surface area contributed by atoms with E-state index in [4.69, 9.17) is 0 Å². The first kappa shape index (κ1) is 14.4. The Hall–Kier alpha value is -1.03. The van der Waals surface area contributed by atoms with Crippen molar-refractivity contribution in [1.82, 2.24) is 5.32 Å². The summed E-state index contributed by atoms with van der Waals surface area (Å²) in [5.74, 6) is -0.147. The number of hydrogen-bond acceptors (Lipinski definition) is 3. The topological polar surface area (TPSA) is 24.4 Å². The van der Waals surface area contributed by atoms with Crippen molar-refractivity contribution < 1.29 is 4.39 Å². The van der Waals surface area contributed by atoms with E-state index in [1.807, 2.05) is 19.1 Å². The van der Waals surface area contributed by atoms with Gasteiger partial charge in [0.05, 0.1) is 12.1 Å². The van der Waals surface area contributed by atoms with E-state index >= 15 is 0 Å². The first-order chi connectivity index (χ1) is 8.95. The van der Waals surface area contributed by atoms with Gasteiger partial charge in [-0.3, -0.25) is 4.99 Å². The predicted molar refractivity (Wildman–Crippen MR) is 81.3 cm³/mol. The Labute approximate surface area is 118 Å². The van der Waals surface area contributed by atoms with Crippen LogP contribution in [0.4, 0.5) is 4.39 Å². The summed E-state index contributed by atoms with van der Waals surface area (Å²) in [7, 11) is 0. The van der Waals surface area contributed by atoms with Crippen LogP contribution in [-0.2, 0) is 0 Å². The van der Waals surface area contributed by atoms with E-state index in [1.54, 1.807) is 24.8 Å². The van der Waals surface area contributed by atoms with Crippen LogP contribution in [-0.4, -0.2) is 16.5 Å². The molecule has 104 valence electrons. The van der Waals surface area contributed by atoms with E-state index in [2.05, 4.69) is 24.2 Å². The Morgan fingerprint density at radius 2 is 2.16 bits per heavy atom. The molecule has 4 heteroatoms. The van der Waals surface area contributed by atoms with Crippen LogP contribution in [0.2, 0.25) is 0 Å². The number of benzene rings is 1. The number of aliphatic imine (C=N–C) groups is 1. The van der Waals surface area contributed by atoms with Crippen LogP contribution in [0.1, 0.15) is 44.4 Å². The molecule has 3 atom stereocenters. The minimum atomic E-state index is -0.147. The normalized spacial score (nSPS) is 24.8. The third kappa shape index (κ3) is 3.72. The van der Waals surface area contributed by atoms with Gasteiger partial charge in [-0.1, -0.05) is 30.8 Å². The van der Waals surface area contributed by atoms with Gasteiger partial charge < -0.3 is 5.32 Å². The summed E-state index contributed by atoms with van der Waals surface area (Å²) in [5, 5.41) is 4.94. The van der Waals surface area contributed by atoms with E-state index in [0.717, 1.165) is 17.2 Å². The van der Waals surface area contributed by atoms with Crippen LogP contribution in [0.15, 0.2) is 23.2 Å². The molecule has 3 unspecified atom stereocenters. The van der Waals surface area contributed by atoms with Crippen LogP contribution < -0.4 is 5.32 Å². The Morgan fingerprint density at radius 1 is 1.42 bits per heavy atom. The maximum absolute atomic E-state index is 13.6. The van der Waals surface area contributed by atoms with Gasteiger partial charge in [-0.15, -0.1) is 0 Å². The molecule has 0 aromatic heterocycles. The summed E-state index contributed by atoms with van der Waals surface area (Å²) < 4.78 is 13.6. The van der Waals surface area contributed by atoms with Crippen molar-refractivity contribution >= 4 is 16.9 Å². The molecule has 2 rings (SSSR count). The van der Waals surface area contributed by atoms with Gasteiger partial charge in [0.2, 0.25) is 0 Å². The number of hydrogen-bond donors (Lipinski definition) is 1. The van der Waals surface area contributed by atoms with Crippen LogP contribution in [0, 0.1) is 12.7 Å². The molecule has 1 heterocycles. The third-order valence-corrected chi connectivity index (χ3v) is 4.40. The molecule has 1 aliphatic rings. The monoisotopic (exact) mass is 280 g/mol. The molecule has 1 aromatic carbocycles. The maximum atomic E-state index is 13.6. The molecule has 0 aliphatic carbocycles. The van der Waals surface area contributed by atoms with Crippen molar-refractivity contribution in [1.29, 1.82) is 0 Å². The van der Waals surface area contributed by atoms with Gasteiger partial charge in [-0.25, -0.2) is 4.39 Å². The zero-order valence-electron chi connectivity index (χ0n) is 11.9. The van der Waals surface area contributed by atoms with Crippen LogP contribution in [0.5, 0.6) is 0 Å². The van der Waals surface area contributed by atoms with E-state index in [0.29, 0.717) is 16.9 Å². The molecule has 0 radical (unpaired) electrons. The Bertz CT molecular complexity index is 487. The second kappa shape index (κ2) is 5.95. The summed E-state index contributed by atoms with van der Waals surface area (Å²) >= 11 is 1.77. The van der Waals surface area contributed by atoms with E-state index in [-0.39, 0.29) is 11.9 Å². The second-order valence-corrected chi connectivity index (χ2v) is 6.75. The molecular weight excluding hydrogens is 259 g/mol. The summed E-state index contributed by atoms with van der Waals surface area (Å²) in [6, 6.07) is 5.83. The lowest BCUT2D eigenvalue weighted by molar-refractivity contribution is 0.607. The van der Waals surface area contributed by atoms with Crippen molar-refractivity contribution in [2.45, 2.75) is 51.4 Å². The van der Waals surface area contributed by atoms with E-state index in [1.165, 1.54) is 0 Å². The SMILES string of the molecule is Cc1ccc(C(C)NC2=NC(C)CC(C)S2)cc1F. The standard InChI is InChI=1S/C15H21FN2S/c1-9-5-6-13(8-14(9)16)12(4)18-15-17-10(2)7-11(3)19-15/h5-6,8,10-12H,7H2,1-4H3,(H,17,18). The molecule has 0 fully saturated rings. The van der Waals surface area contributed by atoms with Gasteiger partial charge in [-0.05, 0) is 44.4 Å². The van der Waals surface area contributed by atoms with Gasteiger partial charge in [-0.2, -0.15) is 0 Å². The fourth-order valence-corrected chi connectivity index (χ4v) is 3.46. The van der Waals surface area contributed by atoms with Gasteiger partial charge >= 0.3 is 0 Å². The average molecular weight is 280 g/mol. The zero-order chi connectivity index (χ0) is 14.0. The number of thioether (sulfide) groups is 1. The number of rotatable bonds is 2. The fraction of sp³-hybridized carbons (Fsp3) is 0.533. The van der Waals surface area contributed by atoms with E-state index < -0.39 is 0 Å². The minimum absolute atomic E-state index is 0.0684. The molecule has 0 spiro atoms.